The standard InChI is InChI=1S/C15H13ClFN/c16-14-8-12(17)5-6-15(14)18-9-11-7-10-3-1-2-4-13(10)11/h1-6,8,11,18H,7,9H2. The van der Waals surface area contributed by atoms with Gasteiger partial charge in [0, 0.05) is 12.5 Å². The van der Waals surface area contributed by atoms with Gasteiger partial charge in [-0.2, -0.15) is 0 Å². The topological polar surface area (TPSA) is 12.0 Å². The summed E-state index contributed by atoms with van der Waals surface area (Å²) < 4.78 is 12.9. The molecule has 92 valence electrons. The van der Waals surface area contributed by atoms with Gasteiger partial charge in [0.2, 0.25) is 0 Å². The summed E-state index contributed by atoms with van der Waals surface area (Å²) in [4.78, 5) is 0. The Kier molecular flexibility index (Phi) is 2.96. The molecule has 0 aliphatic heterocycles. The Morgan fingerprint density at radius 1 is 1.22 bits per heavy atom. The Labute approximate surface area is 111 Å². The van der Waals surface area contributed by atoms with Crippen LogP contribution in [0.25, 0.3) is 0 Å². The van der Waals surface area contributed by atoms with Crippen molar-refractivity contribution >= 4 is 17.3 Å². The molecule has 0 amide bonds. The second-order valence-electron chi connectivity index (χ2n) is 4.60. The van der Waals surface area contributed by atoms with Gasteiger partial charge < -0.3 is 5.32 Å². The summed E-state index contributed by atoms with van der Waals surface area (Å²) in [7, 11) is 0. The lowest BCUT2D eigenvalue weighted by molar-refractivity contribution is 0.626. The van der Waals surface area contributed by atoms with E-state index in [1.807, 2.05) is 0 Å². The molecule has 0 radical (unpaired) electrons. The Bertz CT molecular complexity index is 582. The Hall–Kier alpha value is -1.54. The van der Waals surface area contributed by atoms with E-state index in [1.54, 1.807) is 6.07 Å². The first-order chi connectivity index (χ1) is 8.74. The lowest BCUT2D eigenvalue weighted by Gasteiger charge is -2.30. The molecule has 0 fully saturated rings. The van der Waals surface area contributed by atoms with Crippen molar-refractivity contribution in [2.24, 2.45) is 0 Å². The molecule has 1 atom stereocenters. The van der Waals surface area contributed by atoms with Gasteiger partial charge in [-0.15, -0.1) is 0 Å². The molecule has 3 heteroatoms. The molecule has 1 N–H and O–H groups in total. The molecule has 1 unspecified atom stereocenters. The van der Waals surface area contributed by atoms with Gasteiger partial charge in [-0.25, -0.2) is 4.39 Å². The number of anilines is 1. The molecule has 1 nitrogen and oxygen atoms in total. The number of hydrogen-bond acceptors (Lipinski definition) is 1. The van der Waals surface area contributed by atoms with Crippen molar-refractivity contribution in [3.05, 3.63) is 64.4 Å². The third kappa shape index (κ3) is 2.08. The first kappa shape index (κ1) is 11.5. The van der Waals surface area contributed by atoms with Gasteiger partial charge in [0.25, 0.3) is 0 Å². The molecule has 1 aliphatic rings. The Balaban J connectivity index is 1.66. The highest BCUT2D eigenvalue weighted by molar-refractivity contribution is 6.33. The van der Waals surface area contributed by atoms with Gasteiger partial charge in [0.15, 0.2) is 0 Å². The molecular weight excluding hydrogens is 249 g/mol. The molecule has 18 heavy (non-hydrogen) atoms. The van der Waals surface area contributed by atoms with E-state index >= 15 is 0 Å². The van der Waals surface area contributed by atoms with Crippen LogP contribution in [0.4, 0.5) is 10.1 Å². The quantitative estimate of drug-likeness (QED) is 0.872. The SMILES string of the molecule is Fc1ccc(NCC2Cc3ccccc32)c(Cl)c1. The van der Waals surface area contributed by atoms with E-state index in [9.17, 15) is 4.39 Å². The van der Waals surface area contributed by atoms with Crippen molar-refractivity contribution in [1.82, 2.24) is 0 Å². The zero-order chi connectivity index (χ0) is 12.5. The van der Waals surface area contributed by atoms with Crippen molar-refractivity contribution < 1.29 is 4.39 Å². The van der Waals surface area contributed by atoms with E-state index in [-0.39, 0.29) is 5.82 Å². The van der Waals surface area contributed by atoms with Crippen molar-refractivity contribution in [1.29, 1.82) is 0 Å². The van der Waals surface area contributed by atoms with Crippen molar-refractivity contribution in [2.75, 3.05) is 11.9 Å². The fraction of sp³-hybridized carbons (Fsp3) is 0.200. The van der Waals surface area contributed by atoms with Crippen molar-refractivity contribution in [3.63, 3.8) is 0 Å². The lowest BCUT2D eigenvalue weighted by atomic mass is 9.77. The van der Waals surface area contributed by atoms with Crippen LogP contribution >= 0.6 is 11.6 Å². The number of benzene rings is 2. The molecule has 0 saturated carbocycles. The predicted molar refractivity (Wildman–Crippen MR) is 72.8 cm³/mol. The third-order valence-electron chi connectivity index (χ3n) is 3.43. The second-order valence-corrected chi connectivity index (χ2v) is 5.01. The molecule has 0 bridgehead atoms. The van der Waals surface area contributed by atoms with Crippen LogP contribution in [-0.4, -0.2) is 6.54 Å². The maximum absolute atomic E-state index is 12.9. The average Bonchev–Trinajstić information content (AvgIpc) is 2.33. The van der Waals surface area contributed by atoms with Crippen LogP contribution < -0.4 is 5.32 Å². The minimum Gasteiger partial charge on any atom is -0.383 e. The van der Waals surface area contributed by atoms with Gasteiger partial charge in [0.1, 0.15) is 5.82 Å². The first-order valence-electron chi connectivity index (χ1n) is 6.01. The molecule has 0 heterocycles. The zero-order valence-corrected chi connectivity index (χ0v) is 10.5. The van der Waals surface area contributed by atoms with E-state index in [4.69, 9.17) is 11.6 Å². The number of nitrogens with one attached hydrogen (secondary N) is 1. The summed E-state index contributed by atoms with van der Waals surface area (Å²) in [5.41, 5.74) is 3.63. The Morgan fingerprint density at radius 3 is 2.83 bits per heavy atom. The van der Waals surface area contributed by atoms with Crippen LogP contribution in [-0.2, 0) is 6.42 Å². The normalized spacial score (nSPS) is 16.9. The number of fused-ring (bicyclic) bond motifs is 1. The minimum absolute atomic E-state index is 0.306. The molecule has 3 rings (SSSR count). The van der Waals surface area contributed by atoms with E-state index < -0.39 is 0 Å². The fourth-order valence-electron chi connectivity index (χ4n) is 2.41. The molecule has 2 aromatic carbocycles. The van der Waals surface area contributed by atoms with Crippen molar-refractivity contribution in [2.45, 2.75) is 12.3 Å². The molecule has 0 spiro atoms. The van der Waals surface area contributed by atoms with E-state index in [0.717, 1.165) is 18.7 Å². The van der Waals surface area contributed by atoms with Crippen LogP contribution in [0.15, 0.2) is 42.5 Å². The minimum atomic E-state index is -0.306. The molecular formula is C15H13ClFN. The monoisotopic (exact) mass is 261 g/mol. The van der Waals surface area contributed by atoms with Crippen LogP contribution in [0.5, 0.6) is 0 Å². The molecule has 1 aliphatic carbocycles. The van der Waals surface area contributed by atoms with Gasteiger partial charge in [-0.05, 0) is 35.7 Å². The Morgan fingerprint density at radius 2 is 2.06 bits per heavy atom. The van der Waals surface area contributed by atoms with E-state index in [1.165, 1.54) is 23.3 Å². The largest absolute Gasteiger partial charge is 0.383 e. The van der Waals surface area contributed by atoms with Gasteiger partial charge >= 0.3 is 0 Å². The van der Waals surface area contributed by atoms with Crippen LogP contribution in [0, 0.1) is 5.82 Å². The summed E-state index contributed by atoms with van der Waals surface area (Å²) in [6, 6.07) is 12.9. The smallest absolute Gasteiger partial charge is 0.124 e. The second kappa shape index (κ2) is 4.62. The first-order valence-corrected chi connectivity index (χ1v) is 6.38. The fourth-order valence-corrected chi connectivity index (χ4v) is 2.64. The van der Waals surface area contributed by atoms with Gasteiger partial charge in [-0.1, -0.05) is 35.9 Å². The van der Waals surface area contributed by atoms with Gasteiger partial charge in [-0.3, -0.25) is 0 Å². The average molecular weight is 262 g/mol. The van der Waals surface area contributed by atoms with Crippen LogP contribution in [0.3, 0.4) is 0 Å². The molecule has 2 aromatic rings. The maximum Gasteiger partial charge on any atom is 0.124 e. The lowest BCUT2D eigenvalue weighted by Crippen LogP contribution is -2.24. The van der Waals surface area contributed by atoms with Crippen LogP contribution in [0.2, 0.25) is 5.02 Å². The zero-order valence-electron chi connectivity index (χ0n) is 9.79. The van der Waals surface area contributed by atoms with Gasteiger partial charge in [0.05, 0.1) is 10.7 Å². The maximum atomic E-state index is 12.9. The summed E-state index contributed by atoms with van der Waals surface area (Å²) in [6.07, 6.45) is 1.10. The molecule has 0 saturated heterocycles. The summed E-state index contributed by atoms with van der Waals surface area (Å²) in [6.45, 7) is 0.836. The van der Waals surface area contributed by atoms with Crippen LogP contribution in [0.1, 0.15) is 17.0 Å². The molecule has 0 aromatic heterocycles. The summed E-state index contributed by atoms with van der Waals surface area (Å²) >= 11 is 5.97. The number of hydrogen-bond donors (Lipinski definition) is 1. The summed E-state index contributed by atoms with van der Waals surface area (Å²) in [5, 5.41) is 3.72. The highest BCUT2D eigenvalue weighted by atomic mass is 35.5. The third-order valence-corrected chi connectivity index (χ3v) is 3.74. The number of halogens is 2. The van der Waals surface area contributed by atoms with E-state index in [2.05, 4.69) is 29.6 Å². The summed E-state index contributed by atoms with van der Waals surface area (Å²) in [5.74, 6) is 0.224. The number of rotatable bonds is 3. The van der Waals surface area contributed by atoms with Crippen molar-refractivity contribution in [3.8, 4) is 0 Å². The van der Waals surface area contributed by atoms with E-state index in [0.29, 0.717) is 10.9 Å². The highest BCUT2D eigenvalue weighted by Crippen LogP contribution is 2.35. The predicted octanol–water partition coefficient (Wildman–Crippen LogP) is 4.23. The highest BCUT2D eigenvalue weighted by Gasteiger charge is 2.24.